The second-order valence-corrected chi connectivity index (χ2v) is 5.23. The van der Waals surface area contributed by atoms with Crippen molar-refractivity contribution in [3.63, 3.8) is 0 Å². The van der Waals surface area contributed by atoms with Gasteiger partial charge in [0.2, 0.25) is 0 Å². The molecule has 1 heterocycles. The molecule has 0 saturated heterocycles. The molecule has 0 aliphatic carbocycles. The van der Waals surface area contributed by atoms with Crippen LogP contribution in [0.5, 0.6) is 0 Å². The van der Waals surface area contributed by atoms with Crippen molar-refractivity contribution in [1.29, 1.82) is 0 Å². The Balaban J connectivity index is 2.26. The Kier molecular flexibility index (Phi) is 5.90. The fraction of sp³-hybridized carbons (Fsp3) is 0.400. The van der Waals surface area contributed by atoms with E-state index in [9.17, 15) is 9.59 Å². The molecule has 1 aromatic heterocycles. The van der Waals surface area contributed by atoms with Gasteiger partial charge in [-0.15, -0.1) is 11.3 Å². The van der Waals surface area contributed by atoms with Gasteiger partial charge in [0, 0.05) is 11.4 Å². The zero-order valence-electron chi connectivity index (χ0n) is 9.35. The second-order valence-electron chi connectivity index (χ2n) is 3.43. The highest BCUT2D eigenvalue weighted by Crippen LogP contribution is 2.21. The van der Waals surface area contributed by atoms with Crippen molar-refractivity contribution in [1.82, 2.24) is 10.6 Å². The Hall–Kier alpha value is -1.31. The molecule has 0 spiro atoms. The molecule has 1 rings (SSSR count). The molecule has 4 N–H and O–H groups in total. The molecule has 8 heteroatoms. The average Bonchev–Trinajstić information content (AvgIpc) is 2.71. The van der Waals surface area contributed by atoms with E-state index in [2.05, 4.69) is 10.6 Å². The summed E-state index contributed by atoms with van der Waals surface area (Å²) in [5.41, 5.74) is 0. The maximum atomic E-state index is 11.3. The molecule has 1 atom stereocenters. The number of carboxylic acids is 1. The monoisotopic (exact) mass is 292 g/mol. The quantitative estimate of drug-likeness (QED) is 0.620. The van der Waals surface area contributed by atoms with E-state index in [4.69, 9.17) is 21.8 Å². The van der Waals surface area contributed by atoms with Crippen LogP contribution in [-0.4, -0.2) is 41.4 Å². The van der Waals surface area contributed by atoms with Gasteiger partial charge in [0.25, 0.3) is 0 Å². The predicted molar refractivity (Wildman–Crippen MR) is 68.1 cm³/mol. The lowest BCUT2D eigenvalue weighted by Crippen LogP contribution is -2.48. The highest BCUT2D eigenvalue weighted by atomic mass is 35.5. The van der Waals surface area contributed by atoms with Crippen molar-refractivity contribution in [3.05, 3.63) is 21.3 Å². The highest BCUT2D eigenvalue weighted by Gasteiger charge is 2.18. The number of aliphatic hydroxyl groups is 1. The first kappa shape index (κ1) is 14.7. The van der Waals surface area contributed by atoms with Gasteiger partial charge in [0.05, 0.1) is 10.9 Å². The third kappa shape index (κ3) is 4.91. The van der Waals surface area contributed by atoms with E-state index in [0.29, 0.717) is 17.3 Å². The molecule has 100 valence electrons. The summed E-state index contributed by atoms with van der Waals surface area (Å²) in [7, 11) is 0. The SMILES string of the molecule is O=C(NCCc1ccc(Cl)s1)N[C@H](CO)C(=O)O. The Labute approximate surface area is 113 Å². The molecule has 1 aromatic rings. The van der Waals surface area contributed by atoms with Gasteiger partial charge in [-0.2, -0.15) is 0 Å². The first-order valence-corrected chi connectivity index (χ1v) is 6.34. The standard InChI is InChI=1S/C10H13ClN2O4S/c11-8-2-1-6(18-8)3-4-12-10(17)13-7(5-14)9(15)16/h1-2,7,14H,3-5H2,(H,15,16)(H2,12,13,17)/t7-/m1/s1. The second kappa shape index (κ2) is 7.20. The van der Waals surface area contributed by atoms with Crippen LogP contribution in [-0.2, 0) is 11.2 Å². The molecule has 6 nitrogen and oxygen atoms in total. The Morgan fingerprint density at radius 1 is 1.44 bits per heavy atom. The molecular formula is C10H13ClN2O4S. The van der Waals surface area contributed by atoms with Gasteiger partial charge in [-0.05, 0) is 18.6 Å². The number of rotatable bonds is 6. The summed E-state index contributed by atoms with van der Waals surface area (Å²) in [5, 5.41) is 22.0. The van der Waals surface area contributed by atoms with E-state index in [-0.39, 0.29) is 0 Å². The normalized spacial score (nSPS) is 11.9. The van der Waals surface area contributed by atoms with Crippen LogP contribution in [0.2, 0.25) is 4.34 Å². The zero-order chi connectivity index (χ0) is 13.5. The smallest absolute Gasteiger partial charge is 0.328 e. The summed E-state index contributed by atoms with van der Waals surface area (Å²) in [6, 6.07) is 1.72. The van der Waals surface area contributed by atoms with E-state index < -0.39 is 24.6 Å². The number of urea groups is 1. The number of aliphatic carboxylic acids is 1. The number of halogens is 1. The van der Waals surface area contributed by atoms with Crippen molar-refractivity contribution < 1.29 is 19.8 Å². The van der Waals surface area contributed by atoms with Crippen LogP contribution >= 0.6 is 22.9 Å². The summed E-state index contributed by atoms with van der Waals surface area (Å²) >= 11 is 7.17. The first-order valence-electron chi connectivity index (χ1n) is 5.15. The van der Waals surface area contributed by atoms with Crippen molar-refractivity contribution in [2.45, 2.75) is 12.5 Å². The number of hydrogen-bond acceptors (Lipinski definition) is 4. The predicted octanol–water partition coefficient (Wildman–Crippen LogP) is 0.689. The number of carbonyl (C=O) groups excluding carboxylic acids is 1. The Bertz CT molecular complexity index is 424. The number of amides is 2. The van der Waals surface area contributed by atoms with Gasteiger partial charge in [-0.25, -0.2) is 9.59 Å². The van der Waals surface area contributed by atoms with Crippen LogP contribution in [0.1, 0.15) is 4.88 Å². The van der Waals surface area contributed by atoms with E-state index in [1.165, 1.54) is 11.3 Å². The van der Waals surface area contributed by atoms with Crippen LogP contribution in [0.25, 0.3) is 0 Å². The molecule has 2 amide bonds. The Morgan fingerprint density at radius 3 is 2.67 bits per heavy atom. The summed E-state index contributed by atoms with van der Waals surface area (Å²) in [6.07, 6.45) is 0.613. The number of aliphatic hydroxyl groups excluding tert-OH is 1. The lowest BCUT2D eigenvalue weighted by atomic mass is 10.3. The first-order chi connectivity index (χ1) is 8.52. The van der Waals surface area contributed by atoms with Crippen LogP contribution in [0.3, 0.4) is 0 Å². The minimum Gasteiger partial charge on any atom is -0.480 e. The maximum absolute atomic E-state index is 11.3. The molecule has 0 saturated carbocycles. The van der Waals surface area contributed by atoms with Crippen LogP contribution in [0.15, 0.2) is 12.1 Å². The summed E-state index contributed by atoms with van der Waals surface area (Å²) < 4.78 is 0.681. The van der Waals surface area contributed by atoms with Crippen LogP contribution in [0.4, 0.5) is 4.79 Å². The van der Waals surface area contributed by atoms with Gasteiger partial charge in [0.1, 0.15) is 0 Å². The summed E-state index contributed by atoms with van der Waals surface area (Å²) in [6.45, 7) is -0.288. The van der Waals surface area contributed by atoms with E-state index in [1.807, 2.05) is 6.07 Å². The molecule has 0 aliphatic heterocycles. The summed E-state index contributed by atoms with van der Waals surface area (Å²) in [5.74, 6) is -1.28. The molecule has 0 bridgehead atoms. The zero-order valence-corrected chi connectivity index (χ0v) is 10.9. The van der Waals surface area contributed by atoms with Gasteiger partial charge < -0.3 is 20.8 Å². The van der Waals surface area contributed by atoms with E-state index in [0.717, 1.165) is 4.88 Å². The lowest BCUT2D eigenvalue weighted by Gasteiger charge is -2.12. The summed E-state index contributed by atoms with van der Waals surface area (Å²) in [4.78, 5) is 22.9. The van der Waals surface area contributed by atoms with Crippen molar-refractivity contribution in [2.24, 2.45) is 0 Å². The number of hydrogen-bond donors (Lipinski definition) is 4. The van der Waals surface area contributed by atoms with Crippen molar-refractivity contribution in [2.75, 3.05) is 13.2 Å². The number of nitrogens with one attached hydrogen (secondary N) is 2. The highest BCUT2D eigenvalue weighted by molar-refractivity contribution is 7.16. The fourth-order valence-electron chi connectivity index (χ4n) is 1.18. The topological polar surface area (TPSA) is 98.7 Å². The minimum absolute atomic E-state index is 0.362. The van der Waals surface area contributed by atoms with Gasteiger partial charge >= 0.3 is 12.0 Å². The maximum Gasteiger partial charge on any atom is 0.328 e. The van der Waals surface area contributed by atoms with E-state index in [1.54, 1.807) is 6.07 Å². The third-order valence-corrected chi connectivity index (χ3v) is 3.36. The van der Waals surface area contributed by atoms with Gasteiger partial charge in [0.15, 0.2) is 6.04 Å². The van der Waals surface area contributed by atoms with E-state index >= 15 is 0 Å². The molecule has 0 aliphatic rings. The number of carboxylic acid groups (broad SMARTS) is 1. The third-order valence-electron chi connectivity index (χ3n) is 2.07. The molecule has 0 unspecified atom stereocenters. The molecule has 18 heavy (non-hydrogen) atoms. The van der Waals surface area contributed by atoms with Crippen LogP contribution in [0, 0.1) is 0 Å². The Morgan fingerprint density at radius 2 is 2.17 bits per heavy atom. The number of carbonyl (C=O) groups is 2. The molecule has 0 fully saturated rings. The van der Waals surface area contributed by atoms with Crippen molar-refractivity contribution in [3.8, 4) is 0 Å². The van der Waals surface area contributed by atoms with Gasteiger partial charge in [-0.1, -0.05) is 11.6 Å². The van der Waals surface area contributed by atoms with Crippen molar-refractivity contribution >= 4 is 34.9 Å². The number of thiophene rings is 1. The molecular weight excluding hydrogens is 280 g/mol. The fourth-order valence-corrected chi connectivity index (χ4v) is 2.27. The van der Waals surface area contributed by atoms with Crippen LogP contribution < -0.4 is 10.6 Å². The average molecular weight is 293 g/mol. The largest absolute Gasteiger partial charge is 0.480 e. The van der Waals surface area contributed by atoms with Gasteiger partial charge in [-0.3, -0.25) is 0 Å². The molecule has 0 aromatic carbocycles. The molecule has 0 radical (unpaired) electrons. The minimum atomic E-state index is -1.29. The lowest BCUT2D eigenvalue weighted by molar-refractivity contribution is -0.140.